The zero-order valence-electron chi connectivity index (χ0n) is 13.1. The number of nitrogens with zero attached hydrogens (tertiary/aromatic N) is 1. The van der Waals surface area contributed by atoms with Gasteiger partial charge in [-0.1, -0.05) is 36.4 Å². The van der Waals surface area contributed by atoms with Crippen LogP contribution in [-0.4, -0.2) is 29.4 Å². The van der Waals surface area contributed by atoms with E-state index in [9.17, 15) is 5.11 Å². The number of rotatable bonds is 5. The lowest BCUT2D eigenvalue weighted by molar-refractivity contribution is 0.175. The topological polar surface area (TPSA) is 37.2 Å². The van der Waals surface area contributed by atoms with E-state index in [1.165, 1.54) is 16.6 Å². The van der Waals surface area contributed by atoms with Gasteiger partial charge < -0.3 is 15.0 Å². The minimum absolute atomic E-state index is 0.381. The van der Waals surface area contributed by atoms with E-state index in [0.717, 1.165) is 11.3 Å². The van der Waals surface area contributed by atoms with Gasteiger partial charge in [-0.25, -0.2) is 0 Å². The van der Waals surface area contributed by atoms with Gasteiger partial charge >= 0.3 is 0 Å². The molecule has 0 spiro atoms. The molecule has 1 aromatic heterocycles. The molecule has 0 aliphatic rings. The van der Waals surface area contributed by atoms with Crippen LogP contribution < -0.4 is 5.32 Å². The van der Waals surface area contributed by atoms with Crippen LogP contribution >= 0.6 is 0 Å². The molecule has 0 amide bonds. The van der Waals surface area contributed by atoms with Crippen molar-refractivity contribution in [2.24, 2.45) is 0 Å². The molecule has 2 N–H and O–H groups in total. The maximum absolute atomic E-state index is 10.1. The van der Waals surface area contributed by atoms with Crippen molar-refractivity contribution in [3.63, 3.8) is 0 Å². The second-order valence-corrected chi connectivity index (χ2v) is 5.72. The van der Waals surface area contributed by atoms with Gasteiger partial charge in [-0.05, 0) is 37.7 Å². The molecule has 0 radical (unpaired) electrons. The first-order chi connectivity index (χ1) is 10.7. The summed E-state index contributed by atoms with van der Waals surface area (Å²) in [5.41, 5.74) is 4.72. The Bertz CT molecular complexity index is 776. The van der Waals surface area contributed by atoms with Crippen LogP contribution in [0.15, 0.2) is 54.6 Å². The van der Waals surface area contributed by atoms with Crippen molar-refractivity contribution in [2.75, 3.05) is 13.6 Å². The van der Waals surface area contributed by atoms with Gasteiger partial charge in [0.2, 0.25) is 0 Å². The molecule has 0 unspecified atom stereocenters. The molecule has 2 aromatic carbocycles. The number of aryl methyl sites for hydroxylation is 1. The van der Waals surface area contributed by atoms with Gasteiger partial charge in [0.05, 0.1) is 11.6 Å². The number of hydrogen-bond donors (Lipinski definition) is 2. The first-order valence-corrected chi connectivity index (χ1v) is 7.68. The van der Waals surface area contributed by atoms with E-state index in [2.05, 4.69) is 65.3 Å². The Morgan fingerprint density at radius 2 is 1.82 bits per heavy atom. The summed E-state index contributed by atoms with van der Waals surface area (Å²) in [5, 5.41) is 14.4. The molecule has 22 heavy (non-hydrogen) atoms. The Balaban J connectivity index is 2.09. The van der Waals surface area contributed by atoms with Crippen molar-refractivity contribution in [1.82, 2.24) is 9.88 Å². The molecule has 0 fully saturated rings. The van der Waals surface area contributed by atoms with Crippen LogP contribution in [0, 0.1) is 6.92 Å². The fraction of sp³-hybridized carbons (Fsp3) is 0.263. The van der Waals surface area contributed by atoms with Crippen LogP contribution in [0.25, 0.3) is 16.6 Å². The van der Waals surface area contributed by atoms with E-state index in [1.807, 2.05) is 13.1 Å². The molecule has 3 heteroatoms. The fourth-order valence-corrected chi connectivity index (χ4v) is 3.08. The van der Waals surface area contributed by atoms with Crippen molar-refractivity contribution in [3.05, 3.63) is 65.9 Å². The molecule has 1 heterocycles. The fourth-order valence-electron chi connectivity index (χ4n) is 3.08. The molecule has 0 aliphatic carbocycles. The molecule has 3 nitrogen and oxygen atoms in total. The molecule has 0 saturated heterocycles. The van der Waals surface area contributed by atoms with Crippen LogP contribution in [0.5, 0.6) is 0 Å². The van der Waals surface area contributed by atoms with Crippen molar-refractivity contribution in [3.8, 4) is 5.69 Å². The van der Waals surface area contributed by atoms with Gasteiger partial charge in [0, 0.05) is 29.7 Å². The van der Waals surface area contributed by atoms with E-state index in [4.69, 9.17) is 0 Å². The summed E-state index contributed by atoms with van der Waals surface area (Å²) in [6, 6.07) is 18.9. The van der Waals surface area contributed by atoms with Crippen LogP contribution in [0.1, 0.15) is 11.3 Å². The monoisotopic (exact) mass is 294 g/mol. The Hall–Kier alpha value is -2.10. The van der Waals surface area contributed by atoms with E-state index in [-0.39, 0.29) is 6.10 Å². The van der Waals surface area contributed by atoms with Gasteiger partial charge in [-0.2, -0.15) is 0 Å². The molecule has 114 valence electrons. The van der Waals surface area contributed by atoms with Crippen LogP contribution in [-0.2, 0) is 6.42 Å². The second kappa shape index (κ2) is 6.34. The zero-order valence-corrected chi connectivity index (χ0v) is 13.1. The van der Waals surface area contributed by atoms with E-state index in [0.29, 0.717) is 13.0 Å². The number of benzene rings is 2. The average molecular weight is 294 g/mol. The average Bonchev–Trinajstić information content (AvgIpc) is 2.84. The molecule has 0 saturated carbocycles. The summed E-state index contributed by atoms with van der Waals surface area (Å²) >= 11 is 0. The van der Waals surface area contributed by atoms with Crippen molar-refractivity contribution >= 4 is 10.9 Å². The number of nitrogens with one attached hydrogen (secondary N) is 1. The molecule has 3 rings (SSSR count). The maximum Gasteiger partial charge on any atom is 0.0705 e. The predicted molar refractivity (Wildman–Crippen MR) is 91.6 cm³/mol. The molecule has 1 atom stereocenters. The first-order valence-electron chi connectivity index (χ1n) is 7.68. The van der Waals surface area contributed by atoms with Crippen LogP contribution in [0.2, 0.25) is 0 Å². The summed E-state index contributed by atoms with van der Waals surface area (Å²) in [7, 11) is 1.86. The lowest BCUT2D eigenvalue weighted by Gasteiger charge is -2.16. The highest BCUT2D eigenvalue weighted by molar-refractivity contribution is 5.83. The Labute approximate surface area is 131 Å². The molecular weight excluding hydrogens is 272 g/mol. The molecule has 0 aliphatic heterocycles. The Morgan fingerprint density at radius 1 is 1.09 bits per heavy atom. The van der Waals surface area contributed by atoms with Crippen LogP contribution in [0.3, 0.4) is 0 Å². The SMILES string of the molecule is CNC[C@H](O)Cc1ccccc1-n1c(C)cc2ccccc21. The van der Waals surface area contributed by atoms with Crippen LogP contribution in [0.4, 0.5) is 0 Å². The largest absolute Gasteiger partial charge is 0.391 e. The molecular formula is C19H22N2O. The number of para-hydroxylation sites is 2. The third kappa shape index (κ3) is 2.78. The lowest BCUT2D eigenvalue weighted by Crippen LogP contribution is -2.25. The normalized spacial score (nSPS) is 12.7. The maximum atomic E-state index is 10.1. The smallest absolute Gasteiger partial charge is 0.0705 e. The summed E-state index contributed by atoms with van der Waals surface area (Å²) < 4.78 is 2.27. The summed E-state index contributed by atoms with van der Waals surface area (Å²) in [6.45, 7) is 2.72. The van der Waals surface area contributed by atoms with Gasteiger partial charge in [0.25, 0.3) is 0 Å². The number of aliphatic hydroxyl groups is 1. The zero-order chi connectivity index (χ0) is 15.5. The highest BCUT2D eigenvalue weighted by Gasteiger charge is 2.13. The minimum atomic E-state index is -0.381. The number of likely N-dealkylation sites (N-methyl/N-ethyl adjacent to an activating group) is 1. The third-order valence-electron chi connectivity index (χ3n) is 4.02. The lowest BCUT2D eigenvalue weighted by atomic mass is 10.1. The summed E-state index contributed by atoms with van der Waals surface area (Å²) in [4.78, 5) is 0. The van der Waals surface area contributed by atoms with E-state index in [1.54, 1.807) is 0 Å². The van der Waals surface area contributed by atoms with E-state index < -0.39 is 0 Å². The number of fused-ring (bicyclic) bond motifs is 1. The standard InChI is InChI=1S/C19H22N2O/c1-14-11-15-7-3-5-9-18(15)21(14)19-10-6-4-8-16(19)12-17(22)13-20-2/h3-11,17,20,22H,12-13H2,1-2H3/t17-/m1/s1. The molecule has 3 aromatic rings. The predicted octanol–water partition coefficient (Wildman–Crippen LogP) is 3.06. The van der Waals surface area contributed by atoms with Gasteiger partial charge in [0.15, 0.2) is 0 Å². The van der Waals surface area contributed by atoms with Crippen molar-refractivity contribution < 1.29 is 5.11 Å². The van der Waals surface area contributed by atoms with Gasteiger partial charge in [0.1, 0.15) is 0 Å². The number of aliphatic hydroxyl groups excluding tert-OH is 1. The Morgan fingerprint density at radius 3 is 2.64 bits per heavy atom. The first kappa shape index (κ1) is 14.8. The summed E-state index contributed by atoms with van der Waals surface area (Å²) in [5.74, 6) is 0. The minimum Gasteiger partial charge on any atom is -0.391 e. The number of aromatic nitrogens is 1. The molecule has 0 bridgehead atoms. The highest BCUT2D eigenvalue weighted by atomic mass is 16.3. The van der Waals surface area contributed by atoms with Crippen molar-refractivity contribution in [2.45, 2.75) is 19.4 Å². The third-order valence-corrected chi connectivity index (χ3v) is 4.02. The van der Waals surface area contributed by atoms with Gasteiger partial charge in [-0.15, -0.1) is 0 Å². The van der Waals surface area contributed by atoms with Gasteiger partial charge in [-0.3, -0.25) is 0 Å². The van der Waals surface area contributed by atoms with E-state index >= 15 is 0 Å². The Kier molecular flexibility index (Phi) is 4.27. The second-order valence-electron chi connectivity index (χ2n) is 5.72. The number of hydrogen-bond acceptors (Lipinski definition) is 2. The van der Waals surface area contributed by atoms with Crippen molar-refractivity contribution in [1.29, 1.82) is 0 Å². The summed E-state index contributed by atoms with van der Waals surface area (Å²) in [6.07, 6.45) is 0.261. The quantitative estimate of drug-likeness (QED) is 0.759. The highest BCUT2D eigenvalue weighted by Crippen LogP contribution is 2.26.